The summed E-state index contributed by atoms with van der Waals surface area (Å²) in [5.74, 6) is 3.56. The molecule has 0 bridgehead atoms. The highest BCUT2D eigenvalue weighted by Gasteiger charge is 2.21. The molecular formula is C15H18N2O2S2. The van der Waals surface area contributed by atoms with Crippen LogP contribution in [0.2, 0.25) is 0 Å². The minimum absolute atomic E-state index is 0.0762. The first-order valence-electron chi connectivity index (χ1n) is 6.91. The van der Waals surface area contributed by atoms with Crippen molar-refractivity contribution in [2.75, 3.05) is 30.9 Å². The largest absolute Gasteiger partial charge is 0.496 e. The molecular weight excluding hydrogens is 304 g/mol. The van der Waals surface area contributed by atoms with Gasteiger partial charge in [-0.25, -0.2) is 0 Å². The lowest BCUT2D eigenvalue weighted by atomic mass is 10.1. The highest BCUT2D eigenvalue weighted by atomic mass is 32.2. The third-order valence-corrected chi connectivity index (χ3v) is 6.12. The zero-order valence-electron chi connectivity index (χ0n) is 11.8. The number of thioether (sulfide) groups is 1. The van der Waals surface area contributed by atoms with E-state index in [1.54, 1.807) is 7.11 Å². The van der Waals surface area contributed by atoms with Crippen molar-refractivity contribution < 1.29 is 9.53 Å². The van der Waals surface area contributed by atoms with E-state index in [2.05, 4.69) is 5.32 Å². The Morgan fingerprint density at radius 3 is 3.10 bits per heavy atom. The maximum atomic E-state index is 12.4. The van der Waals surface area contributed by atoms with Gasteiger partial charge in [0.1, 0.15) is 10.6 Å². The molecule has 21 heavy (non-hydrogen) atoms. The maximum absolute atomic E-state index is 12.4. The first-order chi connectivity index (χ1) is 10.2. The molecule has 1 aromatic heterocycles. The summed E-state index contributed by atoms with van der Waals surface area (Å²) in [6.45, 7) is 0.733. The first kappa shape index (κ1) is 14.5. The quantitative estimate of drug-likeness (QED) is 0.908. The molecule has 6 heteroatoms. The fourth-order valence-corrected chi connectivity index (χ4v) is 4.88. The smallest absolute Gasteiger partial charge is 0.263 e. The minimum atomic E-state index is -0.0762. The summed E-state index contributed by atoms with van der Waals surface area (Å²) < 4.78 is 6.31. The maximum Gasteiger partial charge on any atom is 0.263 e. The predicted octanol–water partition coefficient (Wildman–Crippen LogP) is 2.98. The van der Waals surface area contributed by atoms with Crippen molar-refractivity contribution in [3.8, 4) is 5.75 Å². The van der Waals surface area contributed by atoms with E-state index in [9.17, 15) is 4.79 Å². The average molecular weight is 322 g/mol. The summed E-state index contributed by atoms with van der Waals surface area (Å²) in [5, 5.41) is 3.86. The van der Waals surface area contributed by atoms with Crippen molar-refractivity contribution in [3.05, 3.63) is 23.1 Å². The lowest BCUT2D eigenvalue weighted by Gasteiger charge is -2.09. The number of carbonyl (C=O) groups excluding carboxylic acids is 1. The van der Waals surface area contributed by atoms with E-state index in [0.717, 1.165) is 22.4 Å². The van der Waals surface area contributed by atoms with E-state index in [1.807, 2.05) is 30.0 Å². The van der Waals surface area contributed by atoms with Gasteiger partial charge in [-0.1, -0.05) is 6.07 Å². The molecule has 0 radical (unpaired) electrons. The third kappa shape index (κ3) is 2.82. The van der Waals surface area contributed by atoms with E-state index in [-0.39, 0.29) is 5.91 Å². The SMILES string of the molecule is COc1cccc2sc(C(=O)NCC3CCSC3)c(N)c12. The molecule has 1 saturated heterocycles. The van der Waals surface area contributed by atoms with Gasteiger partial charge in [0.15, 0.2) is 0 Å². The molecule has 3 rings (SSSR count). The van der Waals surface area contributed by atoms with Gasteiger partial charge < -0.3 is 15.8 Å². The second-order valence-corrected chi connectivity index (χ2v) is 7.32. The second kappa shape index (κ2) is 6.15. The molecule has 1 atom stereocenters. The standard InChI is InChI=1S/C15H18N2O2S2/c1-19-10-3-2-4-11-12(10)13(16)14(21-11)15(18)17-7-9-5-6-20-8-9/h2-4,9H,5-8,16H2,1H3,(H,17,18). The molecule has 2 aromatic rings. The van der Waals surface area contributed by atoms with Gasteiger partial charge in [-0.3, -0.25) is 4.79 Å². The number of thiophene rings is 1. The van der Waals surface area contributed by atoms with E-state index < -0.39 is 0 Å². The lowest BCUT2D eigenvalue weighted by Crippen LogP contribution is -2.29. The number of benzene rings is 1. The van der Waals surface area contributed by atoms with Gasteiger partial charge in [-0.05, 0) is 36.0 Å². The number of nitrogen functional groups attached to an aromatic ring is 1. The topological polar surface area (TPSA) is 64.3 Å². The van der Waals surface area contributed by atoms with Crippen molar-refractivity contribution in [3.63, 3.8) is 0 Å². The number of hydrogen-bond acceptors (Lipinski definition) is 5. The molecule has 1 fully saturated rings. The van der Waals surface area contributed by atoms with Crippen LogP contribution < -0.4 is 15.8 Å². The van der Waals surface area contributed by atoms with Crippen molar-refractivity contribution in [1.82, 2.24) is 5.32 Å². The summed E-state index contributed by atoms with van der Waals surface area (Å²) in [4.78, 5) is 12.9. The number of carbonyl (C=O) groups is 1. The average Bonchev–Trinajstić information content (AvgIpc) is 3.13. The Bertz CT molecular complexity index is 663. The van der Waals surface area contributed by atoms with E-state index in [1.165, 1.54) is 23.5 Å². The molecule has 0 spiro atoms. The highest BCUT2D eigenvalue weighted by molar-refractivity contribution is 7.99. The molecule has 1 amide bonds. The first-order valence-corrected chi connectivity index (χ1v) is 8.88. The van der Waals surface area contributed by atoms with Crippen LogP contribution in [0.1, 0.15) is 16.1 Å². The number of fused-ring (bicyclic) bond motifs is 1. The normalized spacial score (nSPS) is 18.0. The summed E-state index contributed by atoms with van der Waals surface area (Å²) >= 11 is 3.37. The third-order valence-electron chi connectivity index (χ3n) is 3.72. The number of ether oxygens (including phenoxy) is 1. The number of nitrogens with two attached hydrogens (primary N) is 1. The fraction of sp³-hybridized carbons (Fsp3) is 0.400. The predicted molar refractivity (Wildman–Crippen MR) is 90.6 cm³/mol. The van der Waals surface area contributed by atoms with Crippen LogP contribution in [-0.2, 0) is 0 Å². The van der Waals surface area contributed by atoms with Crippen LogP contribution in [0.15, 0.2) is 18.2 Å². The second-order valence-electron chi connectivity index (χ2n) is 5.12. The van der Waals surface area contributed by atoms with Gasteiger partial charge in [0.2, 0.25) is 0 Å². The Hall–Kier alpha value is -1.40. The molecule has 3 N–H and O–H groups in total. The molecule has 4 nitrogen and oxygen atoms in total. The Morgan fingerprint density at radius 2 is 2.38 bits per heavy atom. The van der Waals surface area contributed by atoms with E-state index in [4.69, 9.17) is 10.5 Å². The number of nitrogens with one attached hydrogen (secondary N) is 1. The van der Waals surface area contributed by atoms with Gasteiger partial charge in [0, 0.05) is 11.2 Å². The molecule has 1 aliphatic rings. The monoisotopic (exact) mass is 322 g/mol. The number of amides is 1. The summed E-state index contributed by atoms with van der Waals surface area (Å²) in [5.41, 5.74) is 6.68. The van der Waals surface area contributed by atoms with Crippen molar-refractivity contribution in [1.29, 1.82) is 0 Å². The molecule has 112 valence electrons. The minimum Gasteiger partial charge on any atom is -0.496 e. The number of hydrogen-bond donors (Lipinski definition) is 2. The van der Waals surface area contributed by atoms with Crippen LogP contribution in [0.25, 0.3) is 10.1 Å². The number of anilines is 1. The molecule has 1 unspecified atom stereocenters. The van der Waals surface area contributed by atoms with Crippen LogP contribution in [-0.4, -0.2) is 31.1 Å². The van der Waals surface area contributed by atoms with Crippen LogP contribution in [0.5, 0.6) is 5.75 Å². The van der Waals surface area contributed by atoms with Crippen molar-refractivity contribution in [2.24, 2.45) is 5.92 Å². The van der Waals surface area contributed by atoms with Gasteiger partial charge in [0.25, 0.3) is 5.91 Å². The number of methoxy groups -OCH3 is 1. The van der Waals surface area contributed by atoms with Gasteiger partial charge in [-0.15, -0.1) is 11.3 Å². The highest BCUT2D eigenvalue weighted by Crippen LogP contribution is 2.39. The molecule has 0 saturated carbocycles. The molecule has 1 aliphatic heterocycles. The van der Waals surface area contributed by atoms with E-state index >= 15 is 0 Å². The van der Waals surface area contributed by atoms with Gasteiger partial charge >= 0.3 is 0 Å². The Balaban J connectivity index is 1.82. The lowest BCUT2D eigenvalue weighted by molar-refractivity contribution is 0.0953. The Kier molecular flexibility index (Phi) is 4.26. The van der Waals surface area contributed by atoms with Gasteiger partial charge in [-0.2, -0.15) is 11.8 Å². The summed E-state index contributed by atoms with van der Waals surface area (Å²) in [6.07, 6.45) is 1.18. The van der Waals surface area contributed by atoms with Crippen LogP contribution in [0.3, 0.4) is 0 Å². The van der Waals surface area contributed by atoms with E-state index in [0.29, 0.717) is 22.2 Å². The van der Waals surface area contributed by atoms with Crippen LogP contribution in [0.4, 0.5) is 5.69 Å². The number of rotatable bonds is 4. The van der Waals surface area contributed by atoms with Crippen LogP contribution >= 0.6 is 23.1 Å². The van der Waals surface area contributed by atoms with Crippen molar-refractivity contribution >= 4 is 44.8 Å². The van der Waals surface area contributed by atoms with Crippen molar-refractivity contribution in [2.45, 2.75) is 6.42 Å². The zero-order valence-corrected chi connectivity index (χ0v) is 13.5. The summed E-state index contributed by atoms with van der Waals surface area (Å²) in [6, 6.07) is 5.74. The Morgan fingerprint density at radius 1 is 1.52 bits per heavy atom. The molecule has 0 aliphatic carbocycles. The van der Waals surface area contributed by atoms with Gasteiger partial charge in [0.05, 0.1) is 18.2 Å². The fourth-order valence-electron chi connectivity index (χ4n) is 2.54. The molecule has 2 heterocycles. The molecule has 1 aromatic carbocycles. The Labute approximate surface area is 132 Å². The zero-order chi connectivity index (χ0) is 14.8. The summed E-state index contributed by atoms with van der Waals surface area (Å²) in [7, 11) is 1.61. The van der Waals surface area contributed by atoms with Crippen LogP contribution in [0, 0.1) is 5.92 Å².